The van der Waals surface area contributed by atoms with Crippen molar-refractivity contribution in [3.8, 4) is 0 Å². The zero-order chi connectivity index (χ0) is 16.7. The Hall–Kier alpha value is -0.940. The highest BCUT2D eigenvalue weighted by Gasteiger charge is 2.32. The van der Waals surface area contributed by atoms with Gasteiger partial charge in [-0.1, -0.05) is 0 Å². The summed E-state index contributed by atoms with van der Waals surface area (Å²) in [6.07, 6.45) is 6.87. The number of nitrogens with one attached hydrogen (secondary N) is 1. The highest BCUT2D eigenvalue weighted by atomic mass is 16.5. The summed E-state index contributed by atoms with van der Waals surface area (Å²) < 4.78 is 10.9. The van der Waals surface area contributed by atoms with Crippen molar-refractivity contribution in [1.29, 1.82) is 0 Å². The Balaban J connectivity index is 1.46. The SMILES string of the molecule is COCC1CCC(COCCC(=O)NC2CC(C(C)=O)C2)CC1. The van der Waals surface area contributed by atoms with E-state index in [0.29, 0.717) is 24.9 Å². The molecule has 0 atom stereocenters. The zero-order valence-electron chi connectivity index (χ0n) is 14.5. The van der Waals surface area contributed by atoms with Crippen LogP contribution in [0, 0.1) is 17.8 Å². The van der Waals surface area contributed by atoms with Crippen molar-refractivity contribution in [2.45, 2.75) is 57.9 Å². The third-order valence-corrected chi connectivity index (χ3v) is 5.27. The summed E-state index contributed by atoms with van der Waals surface area (Å²) >= 11 is 0. The molecule has 2 fully saturated rings. The van der Waals surface area contributed by atoms with Crippen LogP contribution in [0.2, 0.25) is 0 Å². The molecule has 2 aliphatic rings. The monoisotopic (exact) mass is 325 g/mol. The van der Waals surface area contributed by atoms with Crippen molar-refractivity contribution in [2.75, 3.05) is 26.9 Å². The zero-order valence-corrected chi connectivity index (χ0v) is 14.5. The average Bonchev–Trinajstić information content (AvgIpc) is 2.48. The molecular formula is C18H31NO4. The Morgan fingerprint density at radius 2 is 1.65 bits per heavy atom. The Bertz CT molecular complexity index is 384. The van der Waals surface area contributed by atoms with Crippen LogP contribution in [0.3, 0.4) is 0 Å². The molecule has 0 aliphatic heterocycles. The first kappa shape index (κ1) is 18.4. The average molecular weight is 325 g/mol. The maximum absolute atomic E-state index is 11.8. The smallest absolute Gasteiger partial charge is 0.222 e. The number of rotatable bonds is 9. The second kappa shape index (κ2) is 9.38. The summed E-state index contributed by atoms with van der Waals surface area (Å²) in [4.78, 5) is 22.9. The third-order valence-electron chi connectivity index (χ3n) is 5.27. The van der Waals surface area contributed by atoms with Gasteiger partial charge in [0.05, 0.1) is 6.61 Å². The van der Waals surface area contributed by atoms with Crippen LogP contribution < -0.4 is 5.32 Å². The van der Waals surface area contributed by atoms with Gasteiger partial charge < -0.3 is 14.8 Å². The van der Waals surface area contributed by atoms with E-state index >= 15 is 0 Å². The minimum absolute atomic E-state index is 0.0424. The lowest BCUT2D eigenvalue weighted by atomic mass is 9.78. The fraction of sp³-hybridized carbons (Fsp3) is 0.889. The Kier molecular flexibility index (Phi) is 7.50. The highest BCUT2D eigenvalue weighted by molar-refractivity contribution is 5.80. The van der Waals surface area contributed by atoms with E-state index in [4.69, 9.17) is 9.47 Å². The van der Waals surface area contributed by atoms with Gasteiger partial charge in [-0.2, -0.15) is 0 Å². The number of hydrogen-bond donors (Lipinski definition) is 1. The van der Waals surface area contributed by atoms with Crippen molar-refractivity contribution < 1.29 is 19.1 Å². The number of ketones is 1. The molecule has 0 spiro atoms. The van der Waals surface area contributed by atoms with Crippen molar-refractivity contribution >= 4 is 11.7 Å². The van der Waals surface area contributed by atoms with Gasteiger partial charge in [-0.25, -0.2) is 0 Å². The Morgan fingerprint density at radius 1 is 1.04 bits per heavy atom. The fourth-order valence-corrected chi connectivity index (χ4v) is 3.58. The van der Waals surface area contributed by atoms with E-state index in [1.165, 1.54) is 25.7 Å². The first-order chi connectivity index (χ1) is 11.1. The van der Waals surface area contributed by atoms with Gasteiger partial charge in [0.25, 0.3) is 0 Å². The first-order valence-electron chi connectivity index (χ1n) is 8.95. The number of carbonyl (C=O) groups is 2. The summed E-state index contributed by atoms with van der Waals surface area (Å²) in [5, 5.41) is 2.97. The molecule has 0 heterocycles. The van der Waals surface area contributed by atoms with Crippen molar-refractivity contribution in [1.82, 2.24) is 5.32 Å². The topological polar surface area (TPSA) is 64.6 Å². The van der Waals surface area contributed by atoms with Gasteiger partial charge in [0.2, 0.25) is 5.91 Å². The number of hydrogen-bond acceptors (Lipinski definition) is 4. The van der Waals surface area contributed by atoms with Crippen LogP contribution >= 0.6 is 0 Å². The van der Waals surface area contributed by atoms with Gasteiger partial charge in [0, 0.05) is 38.7 Å². The molecule has 1 amide bonds. The van der Waals surface area contributed by atoms with Crippen molar-refractivity contribution in [3.63, 3.8) is 0 Å². The van der Waals surface area contributed by atoms with Crippen LogP contribution in [0.4, 0.5) is 0 Å². The van der Waals surface area contributed by atoms with Gasteiger partial charge in [-0.05, 0) is 57.3 Å². The number of Topliss-reactive ketones (excluding diaryl/α,β-unsaturated/α-hetero) is 1. The maximum Gasteiger partial charge on any atom is 0.222 e. The summed E-state index contributed by atoms with van der Waals surface area (Å²) in [6.45, 7) is 3.76. The van der Waals surface area contributed by atoms with E-state index in [-0.39, 0.29) is 23.7 Å². The Labute approximate surface area is 139 Å². The molecule has 1 N–H and O–H groups in total. The number of ether oxygens (including phenoxy) is 2. The number of amides is 1. The van der Waals surface area contributed by atoms with Crippen molar-refractivity contribution in [2.24, 2.45) is 17.8 Å². The highest BCUT2D eigenvalue weighted by Crippen LogP contribution is 2.29. The molecule has 5 nitrogen and oxygen atoms in total. The van der Waals surface area contributed by atoms with Gasteiger partial charge in [-0.15, -0.1) is 0 Å². The molecule has 5 heteroatoms. The summed E-state index contributed by atoms with van der Waals surface area (Å²) in [6, 6.07) is 0.187. The van der Waals surface area contributed by atoms with E-state index in [1.54, 1.807) is 14.0 Å². The molecule has 0 bridgehead atoms. The molecule has 0 aromatic heterocycles. The van der Waals surface area contributed by atoms with E-state index in [1.807, 2.05) is 0 Å². The van der Waals surface area contributed by atoms with E-state index in [0.717, 1.165) is 26.1 Å². The number of methoxy groups -OCH3 is 1. The van der Waals surface area contributed by atoms with Crippen LogP contribution in [-0.2, 0) is 19.1 Å². The summed E-state index contributed by atoms with van der Waals surface area (Å²) in [5.41, 5.74) is 0. The van der Waals surface area contributed by atoms with E-state index < -0.39 is 0 Å². The van der Waals surface area contributed by atoms with Gasteiger partial charge in [0.15, 0.2) is 0 Å². The molecule has 2 aliphatic carbocycles. The summed E-state index contributed by atoms with van der Waals surface area (Å²) in [5.74, 6) is 1.78. The van der Waals surface area contributed by atoms with Crippen LogP contribution in [0.1, 0.15) is 51.9 Å². The molecule has 2 rings (SSSR count). The molecule has 0 aromatic rings. The van der Waals surface area contributed by atoms with E-state index in [9.17, 15) is 9.59 Å². The molecular weight excluding hydrogens is 294 g/mol. The quantitative estimate of drug-likeness (QED) is 0.661. The maximum atomic E-state index is 11.8. The molecule has 0 unspecified atom stereocenters. The Morgan fingerprint density at radius 3 is 2.22 bits per heavy atom. The minimum atomic E-state index is 0.0424. The minimum Gasteiger partial charge on any atom is -0.384 e. The molecule has 132 valence electrons. The molecule has 23 heavy (non-hydrogen) atoms. The predicted molar refractivity (Wildman–Crippen MR) is 88.1 cm³/mol. The van der Waals surface area contributed by atoms with Crippen LogP contribution in [0.5, 0.6) is 0 Å². The second-order valence-electron chi connectivity index (χ2n) is 7.21. The fourth-order valence-electron chi connectivity index (χ4n) is 3.58. The van der Waals surface area contributed by atoms with Crippen molar-refractivity contribution in [3.05, 3.63) is 0 Å². The molecule has 2 saturated carbocycles. The third kappa shape index (κ3) is 6.22. The van der Waals surface area contributed by atoms with E-state index in [2.05, 4.69) is 5.32 Å². The lowest BCUT2D eigenvalue weighted by Gasteiger charge is -2.34. The standard InChI is InChI=1S/C18H31NO4/c1-13(20)16-9-17(10-16)19-18(21)7-8-23-12-15-5-3-14(4-6-15)11-22-2/h14-17H,3-12H2,1-2H3,(H,19,21). The largest absolute Gasteiger partial charge is 0.384 e. The lowest BCUT2D eigenvalue weighted by Crippen LogP contribution is -2.46. The van der Waals surface area contributed by atoms with Gasteiger partial charge >= 0.3 is 0 Å². The molecule has 0 radical (unpaired) electrons. The van der Waals surface area contributed by atoms with Gasteiger partial charge in [0.1, 0.15) is 5.78 Å². The first-order valence-corrected chi connectivity index (χ1v) is 8.95. The normalized spacial score (nSPS) is 30.5. The molecule has 0 saturated heterocycles. The van der Waals surface area contributed by atoms with Crippen LogP contribution in [-0.4, -0.2) is 44.7 Å². The summed E-state index contributed by atoms with van der Waals surface area (Å²) in [7, 11) is 1.77. The lowest BCUT2D eigenvalue weighted by molar-refractivity contribution is -0.128. The van der Waals surface area contributed by atoms with Crippen LogP contribution in [0.25, 0.3) is 0 Å². The van der Waals surface area contributed by atoms with Gasteiger partial charge in [-0.3, -0.25) is 9.59 Å². The number of carbonyl (C=O) groups excluding carboxylic acids is 2. The molecule has 0 aromatic carbocycles. The second-order valence-corrected chi connectivity index (χ2v) is 7.21. The van der Waals surface area contributed by atoms with Crippen LogP contribution in [0.15, 0.2) is 0 Å². The predicted octanol–water partition coefficient (Wildman–Crippen LogP) is 2.33.